The molecular weight excluding hydrogens is 256 g/mol. The second-order valence-electron chi connectivity index (χ2n) is 4.17. The molecule has 0 atom stereocenters. The molecule has 0 spiro atoms. The first-order valence-corrected chi connectivity index (χ1v) is 5.55. The summed E-state index contributed by atoms with van der Waals surface area (Å²) in [5.74, 6) is -2.87. The molecule has 4 nitrogen and oxygen atoms in total. The van der Waals surface area contributed by atoms with Gasteiger partial charge in [0, 0.05) is 18.3 Å². The van der Waals surface area contributed by atoms with E-state index in [-0.39, 0.29) is 29.5 Å². The largest absolute Gasteiger partial charge is 0.454 e. The molecule has 19 heavy (non-hydrogen) atoms. The maximum Gasteiger partial charge on any atom is 0.255 e. The Morgan fingerprint density at radius 3 is 2.79 bits per heavy atom. The van der Waals surface area contributed by atoms with Crippen molar-refractivity contribution in [1.29, 1.82) is 0 Å². The Morgan fingerprint density at radius 1 is 1.21 bits per heavy atom. The number of nitrogens with zero attached hydrogens (tertiary/aromatic N) is 1. The third kappa shape index (κ3) is 1.76. The molecule has 2 aliphatic rings. The van der Waals surface area contributed by atoms with E-state index in [4.69, 9.17) is 9.47 Å². The molecule has 2 aliphatic heterocycles. The topological polar surface area (TPSA) is 40.5 Å². The van der Waals surface area contributed by atoms with Crippen molar-refractivity contribution < 1.29 is 18.3 Å². The Hall–Kier alpha value is -2.37. The summed E-state index contributed by atoms with van der Waals surface area (Å²) in [5, 5.41) is 0. The van der Waals surface area contributed by atoms with E-state index in [1.807, 2.05) is 0 Å². The summed E-state index contributed by atoms with van der Waals surface area (Å²) in [6, 6.07) is 4.23. The fourth-order valence-corrected chi connectivity index (χ4v) is 1.93. The van der Waals surface area contributed by atoms with Crippen molar-refractivity contribution in [3.05, 3.63) is 51.9 Å². The van der Waals surface area contributed by atoms with Crippen molar-refractivity contribution in [2.24, 2.45) is 0 Å². The van der Waals surface area contributed by atoms with Gasteiger partial charge in [-0.25, -0.2) is 0 Å². The highest BCUT2D eigenvalue weighted by Gasteiger charge is 2.25. The van der Waals surface area contributed by atoms with Gasteiger partial charge in [-0.2, -0.15) is 8.78 Å². The average Bonchev–Trinajstić information content (AvgIpc) is 2.68. The quantitative estimate of drug-likeness (QED) is 0.793. The van der Waals surface area contributed by atoms with Gasteiger partial charge in [0.2, 0.25) is 18.4 Å². The van der Waals surface area contributed by atoms with Crippen LogP contribution >= 0.6 is 0 Å². The van der Waals surface area contributed by atoms with E-state index in [0.717, 1.165) is 5.56 Å². The van der Waals surface area contributed by atoms with Gasteiger partial charge in [-0.15, -0.1) is 0 Å². The lowest BCUT2D eigenvalue weighted by Gasteiger charge is -2.10. The van der Waals surface area contributed by atoms with Crippen LogP contribution in [0.5, 0.6) is 11.5 Å². The van der Waals surface area contributed by atoms with Gasteiger partial charge in [0.15, 0.2) is 11.5 Å². The summed E-state index contributed by atoms with van der Waals surface area (Å²) in [5.41, 5.74) is 0.561. The number of aryl methyl sites for hydroxylation is 1. The maximum absolute atomic E-state index is 13.8. The summed E-state index contributed by atoms with van der Waals surface area (Å²) in [7, 11) is 0. The number of aromatic nitrogens is 1. The second-order valence-corrected chi connectivity index (χ2v) is 4.17. The van der Waals surface area contributed by atoms with Gasteiger partial charge in [0.25, 0.3) is 5.56 Å². The van der Waals surface area contributed by atoms with Gasteiger partial charge < -0.3 is 9.47 Å². The molecule has 0 saturated heterocycles. The van der Waals surface area contributed by atoms with Crippen LogP contribution < -0.4 is 15.0 Å². The normalized spacial score (nSPS) is 12.8. The lowest BCUT2D eigenvalue weighted by Crippen LogP contribution is -2.17. The third-order valence-electron chi connectivity index (χ3n) is 2.85. The Bertz CT molecular complexity index is 725. The molecule has 6 heteroatoms. The van der Waals surface area contributed by atoms with E-state index in [9.17, 15) is 13.6 Å². The second kappa shape index (κ2) is 4.08. The minimum absolute atomic E-state index is 0.125. The fourth-order valence-electron chi connectivity index (χ4n) is 1.93. The predicted molar refractivity (Wildman–Crippen MR) is 62.8 cm³/mol. The molecule has 2 bridgehead atoms. The van der Waals surface area contributed by atoms with Crippen molar-refractivity contribution in [3.63, 3.8) is 0 Å². The Balaban J connectivity index is 2.33. The number of halogens is 2. The number of hydrogen-bond donors (Lipinski definition) is 0. The van der Waals surface area contributed by atoms with Crippen LogP contribution in [-0.2, 0) is 0 Å². The predicted octanol–water partition coefficient (Wildman–Crippen LogP) is 2.15. The van der Waals surface area contributed by atoms with Crippen LogP contribution in [0.3, 0.4) is 0 Å². The summed E-state index contributed by atoms with van der Waals surface area (Å²) >= 11 is 0. The van der Waals surface area contributed by atoms with Crippen LogP contribution in [0.4, 0.5) is 8.78 Å². The monoisotopic (exact) mass is 265 g/mol. The minimum atomic E-state index is -1.15. The first-order chi connectivity index (χ1) is 9.08. The van der Waals surface area contributed by atoms with Crippen molar-refractivity contribution in [1.82, 2.24) is 4.57 Å². The zero-order valence-corrected chi connectivity index (χ0v) is 9.94. The number of rotatable bonds is 1. The molecule has 2 aromatic rings. The van der Waals surface area contributed by atoms with Crippen LogP contribution in [-0.4, -0.2) is 11.4 Å². The summed E-state index contributed by atoms with van der Waals surface area (Å²) in [6.45, 7) is 1.49. The average molecular weight is 265 g/mol. The fraction of sp³-hybridized carbons (Fsp3) is 0.154. The zero-order valence-electron chi connectivity index (χ0n) is 9.94. The van der Waals surface area contributed by atoms with Crippen LogP contribution in [0.2, 0.25) is 0 Å². The first-order valence-electron chi connectivity index (χ1n) is 5.55. The number of benzene rings is 1. The van der Waals surface area contributed by atoms with E-state index in [1.54, 1.807) is 13.0 Å². The molecule has 0 unspecified atom stereocenters. The molecule has 0 amide bonds. The molecule has 0 aliphatic carbocycles. The molecule has 0 radical (unpaired) electrons. The highest BCUT2D eigenvalue weighted by Crippen LogP contribution is 2.36. The van der Waals surface area contributed by atoms with Crippen molar-refractivity contribution in [3.8, 4) is 17.2 Å². The maximum atomic E-state index is 13.8. The van der Waals surface area contributed by atoms with Gasteiger partial charge in [-0.3, -0.25) is 9.36 Å². The molecule has 1 aromatic heterocycles. The third-order valence-corrected chi connectivity index (χ3v) is 2.85. The highest BCUT2D eigenvalue weighted by atomic mass is 19.2. The molecule has 0 N–H and O–H groups in total. The SMILES string of the molecule is Cc1ccc(=O)n(-c2cc3c(F)c(F)c2OCO3)c1. The van der Waals surface area contributed by atoms with Crippen LogP contribution in [0.15, 0.2) is 29.2 Å². The lowest BCUT2D eigenvalue weighted by atomic mass is 10.2. The van der Waals surface area contributed by atoms with Gasteiger partial charge in [0.05, 0.1) is 5.69 Å². The number of hydrogen-bond acceptors (Lipinski definition) is 3. The lowest BCUT2D eigenvalue weighted by molar-refractivity contribution is 0.123. The van der Waals surface area contributed by atoms with Gasteiger partial charge in [0.1, 0.15) is 0 Å². The minimum Gasteiger partial charge on any atom is -0.454 e. The molecular formula is C13H9F2NO3. The molecule has 0 fully saturated rings. The van der Waals surface area contributed by atoms with Crippen LogP contribution in [0.1, 0.15) is 5.56 Å². The van der Waals surface area contributed by atoms with Crippen LogP contribution in [0.25, 0.3) is 5.69 Å². The summed E-state index contributed by atoms with van der Waals surface area (Å²) in [4.78, 5) is 11.8. The van der Waals surface area contributed by atoms with Crippen LogP contribution in [0, 0.1) is 18.6 Å². The highest BCUT2D eigenvalue weighted by molar-refractivity contribution is 5.54. The Morgan fingerprint density at radius 2 is 2.00 bits per heavy atom. The molecule has 1 aromatic carbocycles. The molecule has 4 rings (SSSR count). The Labute approximate surface area is 106 Å². The van der Waals surface area contributed by atoms with Crippen molar-refractivity contribution in [2.45, 2.75) is 6.92 Å². The number of fused-ring (bicyclic) bond motifs is 4. The van der Waals surface area contributed by atoms with E-state index in [1.165, 1.54) is 22.9 Å². The smallest absolute Gasteiger partial charge is 0.255 e. The number of pyridine rings is 1. The van der Waals surface area contributed by atoms with Crippen molar-refractivity contribution in [2.75, 3.05) is 6.79 Å². The summed E-state index contributed by atoms with van der Waals surface area (Å²) in [6.07, 6.45) is 1.52. The van der Waals surface area contributed by atoms with E-state index < -0.39 is 11.6 Å². The van der Waals surface area contributed by atoms with Gasteiger partial charge in [-0.05, 0) is 12.5 Å². The van der Waals surface area contributed by atoms with E-state index in [2.05, 4.69) is 0 Å². The van der Waals surface area contributed by atoms with E-state index >= 15 is 0 Å². The van der Waals surface area contributed by atoms with Gasteiger partial charge >= 0.3 is 0 Å². The zero-order chi connectivity index (χ0) is 13.6. The molecule has 3 heterocycles. The van der Waals surface area contributed by atoms with E-state index in [0.29, 0.717) is 0 Å². The molecule has 0 saturated carbocycles. The summed E-state index contributed by atoms with van der Waals surface area (Å²) < 4.78 is 38.4. The van der Waals surface area contributed by atoms with Crippen molar-refractivity contribution >= 4 is 0 Å². The number of ether oxygens (including phenoxy) is 2. The molecule has 98 valence electrons. The van der Waals surface area contributed by atoms with Gasteiger partial charge in [-0.1, -0.05) is 6.07 Å². The first kappa shape index (κ1) is 11.7. The standard InChI is InChI=1S/C13H9F2NO3/c1-7-2-3-10(17)16(5-7)8-4-9-11(14)12(15)13(8)19-6-18-9/h2-5H,6H2,1H3. The Kier molecular flexibility index (Phi) is 2.51.